The lowest BCUT2D eigenvalue weighted by atomic mass is 10.3. The third-order valence-electron chi connectivity index (χ3n) is 2.13. The van der Waals surface area contributed by atoms with Crippen LogP contribution in [0.1, 0.15) is 6.92 Å². The van der Waals surface area contributed by atoms with Crippen molar-refractivity contribution in [2.24, 2.45) is 0 Å². The van der Waals surface area contributed by atoms with E-state index in [4.69, 9.17) is 0 Å². The van der Waals surface area contributed by atoms with E-state index in [1.807, 2.05) is 0 Å². The Kier molecular flexibility index (Phi) is 2.65. The molecule has 88 valence electrons. The number of carbonyl (C=O) groups excluding carboxylic acids is 1. The number of rotatable bonds is 2. The molecule has 0 spiro atoms. The fraction of sp³-hybridized carbons (Fsp3) is 0.100. The van der Waals surface area contributed by atoms with Gasteiger partial charge in [-0.15, -0.1) is 0 Å². The summed E-state index contributed by atoms with van der Waals surface area (Å²) in [4.78, 5) is 33.4. The number of nitrogens with zero attached hydrogens (tertiary/aromatic N) is 1. The Labute approximate surface area is 95.1 Å². The SMILES string of the molecule is CC(=O)Nc1ccc(-n2c(=O)[nH][nH]c2=O)cc1. The number of aromatic nitrogens is 3. The highest BCUT2D eigenvalue weighted by molar-refractivity contribution is 5.88. The minimum Gasteiger partial charge on any atom is -0.326 e. The summed E-state index contributed by atoms with van der Waals surface area (Å²) < 4.78 is 0.956. The molecule has 3 N–H and O–H groups in total. The van der Waals surface area contributed by atoms with Crippen LogP contribution in [-0.4, -0.2) is 20.7 Å². The summed E-state index contributed by atoms with van der Waals surface area (Å²) in [7, 11) is 0. The van der Waals surface area contributed by atoms with E-state index >= 15 is 0 Å². The van der Waals surface area contributed by atoms with Crippen molar-refractivity contribution in [1.82, 2.24) is 14.8 Å². The van der Waals surface area contributed by atoms with Crippen LogP contribution < -0.4 is 16.7 Å². The number of carbonyl (C=O) groups is 1. The molecule has 1 heterocycles. The average molecular weight is 234 g/mol. The molecule has 0 bridgehead atoms. The van der Waals surface area contributed by atoms with Crippen LogP contribution in [0.2, 0.25) is 0 Å². The Morgan fingerprint density at radius 2 is 1.65 bits per heavy atom. The first kappa shape index (κ1) is 10.9. The van der Waals surface area contributed by atoms with Gasteiger partial charge in [-0.1, -0.05) is 0 Å². The molecule has 0 saturated heterocycles. The van der Waals surface area contributed by atoms with Crippen molar-refractivity contribution in [2.45, 2.75) is 6.92 Å². The second-order valence-electron chi connectivity index (χ2n) is 3.42. The van der Waals surface area contributed by atoms with Crippen LogP contribution in [-0.2, 0) is 4.79 Å². The van der Waals surface area contributed by atoms with Gasteiger partial charge in [-0.2, -0.15) is 0 Å². The standard InChI is InChI=1S/C10H10N4O3/c1-6(15)11-7-2-4-8(5-3-7)14-9(16)12-13-10(14)17/h2-5H,1H3,(H,11,15)(H,12,16)(H,13,17). The van der Waals surface area contributed by atoms with Gasteiger partial charge in [0.1, 0.15) is 0 Å². The zero-order chi connectivity index (χ0) is 12.4. The van der Waals surface area contributed by atoms with E-state index in [-0.39, 0.29) is 5.91 Å². The predicted molar refractivity (Wildman–Crippen MR) is 61.3 cm³/mol. The third-order valence-corrected chi connectivity index (χ3v) is 2.13. The first-order valence-corrected chi connectivity index (χ1v) is 4.85. The lowest BCUT2D eigenvalue weighted by Gasteiger charge is -2.03. The van der Waals surface area contributed by atoms with Crippen molar-refractivity contribution in [2.75, 3.05) is 5.32 Å². The number of amides is 1. The second kappa shape index (κ2) is 4.12. The molecule has 1 aromatic carbocycles. The number of anilines is 1. The van der Waals surface area contributed by atoms with Crippen molar-refractivity contribution in [3.05, 3.63) is 45.2 Å². The highest BCUT2D eigenvalue weighted by atomic mass is 16.2. The highest BCUT2D eigenvalue weighted by Gasteiger charge is 2.05. The zero-order valence-electron chi connectivity index (χ0n) is 8.98. The maximum absolute atomic E-state index is 11.3. The van der Waals surface area contributed by atoms with Gasteiger partial charge in [0.25, 0.3) is 0 Å². The van der Waals surface area contributed by atoms with Crippen LogP contribution >= 0.6 is 0 Å². The lowest BCUT2D eigenvalue weighted by molar-refractivity contribution is -0.114. The van der Waals surface area contributed by atoms with Gasteiger partial charge in [0.05, 0.1) is 5.69 Å². The maximum Gasteiger partial charge on any atom is 0.348 e. The molecule has 2 aromatic rings. The third kappa shape index (κ3) is 2.17. The monoisotopic (exact) mass is 234 g/mol. The summed E-state index contributed by atoms with van der Waals surface area (Å²) in [5.41, 5.74) is -0.0579. The molecule has 0 aliphatic heterocycles. The minimum absolute atomic E-state index is 0.186. The van der Waals surface area contributed by atoms with E-state index in [9.17, 15) is 14.4 Å². The van der Waals surface area contributed by atoms with Crippen LogP contribution in [0.15, 0.2) is 33.9 Å². The number of aromatic amines is 2. The van der Waals surface area contributed by atoms with Gasteiger partial charge in [-0.25, -0.2) is 24.4 Å². The lowest BCUT2D eigenvalue weighted by Crippen LogP contribution is -2.24. The Morgan fingerprint density at radius 1 is 1.12 bits per heavy atom. The van der Waals surface area contributed by atoms with E-state index in [2.05, 4.69) is 15.5 Å². The Morgan fingerprint density at radius 3 is 2.12 bits per heavy atom. The van der Waals surface area contributed by atoms with Crippen molar-refractivity contribution in [1.29, 1.82) is 0 Å². The van der Waals surface area contributed by atoms with Gasteiger partial charge in [-0.05, 0) is 24.3 Å². The van der Waals surface area contributed by atoms with Crippen molar-refractivity contribution in [3.8, 4) is 5.69 Å². The molecule has 1 aromatic heterocycles. The van der Waals surface area contributed by atoms with Gasteiger partial charge in [0, 0.05) is 12.6 Å². The Balaban J connectivity index is 2.39. The molecule has 0 aliphatic rings. The molecule has 17 heavy (non-hydrogen) atoms. The van der Waals surface area contributed by atoms with Gasteiger partial charge in [0.2, 0.25) is 5.91 Å². The summed E-state index contributed by atoms with van der Waals surface area (Å²) >= 11 is 0. The fourth-order valence-electron chi connectivity index (χ4n) is 1.44. The first-order valence-electron chi connectivity index (χ1n) is 4.85. The Hall–Kier alpha value is -2.57. The smallest absolute Gasteiger partial charge is 0.326 e. The molecule has 0 unspecified atom stereocenters. The number of hydrogen-bond acceptors (Lipinski definition) is 3. The fourth-order valence-corrected chi connectivity index (χ4v) is 1.44. The summed E-state index contributed by atoms with van der Waals surface area (Å²) in [6, 6.07) is 6.34. The molecule has 0 fully saturated rings. The maximum atomic E-state index is 11.3. The molecule has 0 atom stereocenters. The van der Waals surface area contributed by atoms with Crippen LogP contribution in [0, 0.1) is 0 Å². The first-order chi connectivity index (χ1) is 8.08. The van der Waals surface area contributed by atoms with Gasteiger partial charge in [-0.3, -0.25) is 4.79 Å². The quantitative estimate of drug-likeness (QED) is 0.671. The van der Waals surface area contributed by atoms with E-state index < -0.39 is 11.4 Å². The molecule has 0 saturated carbocycles. The minimum atomic E-state index is -0.540. The summed E-state index contributed by atoms with van der Waals surface area (Å²) in [6.45, 7) is 1.40. The molecule has 1 amide bonds. The van der Waals surface area contributed by atoms with Gasteiger partial charge < -0.3 is 5.32 Å². The molecule has 7 heteroatoms. The molecular weight excluding hydrogens is 224 g/mol. The van der Waals surface area contributed by atoms with Crippen LogP contribution in [0.4, 0.5) is 5.69 Å². The summed E-state index contributed by atoms with van der Waals surface area (Å²) in [6.07, 6.45) is 0. The van der Waals surface area contributed by atoms with Crippen LogP contribution in [0.25, 0.3) is 5.69 Å². The normalized spacial score (nSPS) is 10.2. The number of benzene rings is 1. The summed E-state index contributed by atoms with van der Waals surface area (Å²) in [5, 5.41) is 6.95. The molecular formula is C10H10N4O3. The topological polar surface area (TPSA) is 99.8 Å². The van der Waals surface area contributed by atoms with E-state index in [0.717, 1.165) is 4.57 Å². The number of hydrogen-bond donors (Lipinski definition) is 3. The Bertz CT molecular complexity index is 620. The number of nitrogens with one attached hydrogen (secondary N) is 3. The van der Waals surface area contributed by atoms with E-state index in [0.29, 0.717) is 11.4 Å². The largest absolute Gasteiger partial charge is 0.348 e. The molecule has 0 radical (unpaired) electrons. The van der Waals surface area contributed by atoms with Crippen molar-refractivity contribution < 1.29 is 4.79 Å². The second-order valence-corrected chi connectivity index (χ2v) is 3.42. The molecule has 0 aliphatic carbocycles. The van der Waals surface area contributed by atoms with Gasteiger partial charge in [0.15, 0.2) is 0 Å². The van der Waals surface area contributed by atoms with E-state index in [1.54, 1.807) is 24.3 Å². The predicted octanol–water partition coefficient (Wildman–Crippen LogP) is -0.188. The van der Waals surface area contributed by atoms with Gasteiger partial charge >= 0.3 is 11.4 Å². The molecule has 2 rings (SSSR count). The zero-order valence-corrected chi connectivity index (χ0v) is 8.98. The van der Waals surface area contributed by atoms with Crippen LogP contribution in [0.3, 0.4) is 0 Å². The summed E-state index contributed by atoms with van der Waals surface area (Å²) in [5.74, 6) is -0.186. The highest BCUT2D eigenvalue weighted by Crippen LogP contribution is 2.10. The number of H-pyrrole nitrogens is 2. The van der Waals surface area contributed by atoms with Crippen LogP contribution in [0.5, 0.6) is 0 Å². The van der Waals surface area contributed by atoms with Crippen molar-refractivity contribution in [3.63, 3.8) is 0 Å². The van der Waals surface area contributed by atoms with Crippen molar-refractivity contribution >= 4 is 11.6 Å². The van der Waals surface area contributed by atoms with E-state index in [1.165, 1.54) is 6.92 Å². The molecule has 7 nitrogen and oxygen atoms in total. The average Bonchev–Trinajstić information content (AvgIpc) is 2.59.